The Hall–Kier alpha value is -1.60. The zero-order chi connectivity index (χ0) is 14.5. The maximum absolute atomic E-state index is 11.5. The number of amides is 2. The van der Waals surface area contributed by atoms with Crippen LogP contribution < -0.4 is 15.4 Å². The molecule has 0 aliphatic carbocycles. The minimum Gasteiger partial charge on any atom is -0.338 e. The highest BCUT2D eigenvalue weighted by Crippen LogP contribution is 2.13. The molecular weight excluding hydrogens is 266 g/mol. The molecular formula is C12H19N3O3S. The van der Waals surface area contributed by atoms with E-state index in [2.05, 4.69) is 15.4 Å². The summed E-state index contributed by atoms with van der Waals surface area (Å²) in [4.78, 5) is 11.7. The number of hydrogen-bond acceptors (Lipinski definition) is 3. The quantitative estimate of drug-likeness (QED) is 0.763. The molecule has 0 aliphatic rings. The van der Waals surface area contributed by atoms with Crippen LogP contribution in [0.15, 0.2) is 29.2 Å². The molecule has 0 aliphatic heterocycles. The number of anilines is 1. The van der Waals surface area contributed by atoms with Gasteiger partial charge in [0.2, 0.25) is 10.0 Å². The monoisotopic (exact) mass is 285 g/mol. The molecule has 106 valence electrons. The Morgan fingerprint density at radius 1 is 1.21 bits per heavy atom. The van der Waals surface area contributed by atoms with Crippen molar-refractivity contribution in [3.8, 4) is 0 Å². The van der Waals surface area contributed by atoms with Gasteiger partial charge in [-0.25, -0.2) is 17.9 Å². The minimum absolute atomic E-state index is 0.156. The highest BCUT2D eigenvalue weighted by molar-refractivity contribution is 7.89. The van der Waals surface area contributed by atoms with Crippen LogP contribution in [0.4, 0.5) is 10.5 Å². The van der Waals surface area contributed by atoms with Crippen molar-refractivity contribution >= 4 is 21.7 Å². The summed E-state index contributed by atoms with van der Waals surface area (Å²) >= 11 is 0. The molecule has 6 nitrogen and oxygen atoms in total. The average molecular weight is 285 g/mol. The molecule has 0 spiro atoms. The Morgan fingerprint density at radius 3 is 2.26 bits per heavy atom. The normalized spacial score (nSPS) is 11.4. The van der Waals surface area contributed by atoms with Crippen LogP contribution in [0.3, 0.4) is 0 Å². The highest BCUT2D eigenvalue weighted by Gasteiger charge is 2.10. The van der Waals surface area contributed by atoms with E-state index in [9.17, 15) is 13.2 Å². The van der Waals surface area contributed by atoms with Crippen LogP contribution in [-0.2, 0) is 10.0 Å². The van der Waals surface area contributed by atoms with Crippen LogP contribution in [0.1, 0.15) is 13.8 Å². The third-order valence-electron chi connectivity index (χ3n) is 2.36. The summed E-state index contributed by atoms with van der Waals surface area (Å²) in [5, 5.41) is 5.33. The molecule has 0 aromatic heterocycles. The highest BCUT2D eigenvalue weighted by atomic mass is 32.2. The van der Waals surface area contributed by atoms with E-state index in [0.717, 1.165) is 0 Å². The average Bonchev–Trinajstić information content (AvgIpc) is 2.37. The Kier molecular flexibility index (Phi) is 5.31. The van der Waals surface area contributed by atoms with Crippen molar-refractivity contribution in [2.45, 2.75) is 18.7 Å². The van der Waals surface area contributed by atoms with E-state index in [-0.39, 0.29) is 10.9 Å². The second-order valence-corrected chi connectivity index (χ2v) is 6.35. The molecule has 1 rings (SSSR count). The SMILES string of the molecule is CNS(=O)(=O)c1ccc(NC(=O)NCC(C)C)cc1. The zero-order valence-electron chi connectivity index (χ0n) is 11.2. The van der Waals surface area contributed by atoms with Gasteiger partial charge in [-0.2, -0.15) is 0 Å². The molecule has 0 atom stereocenters. The number of carbonyl (C=O) groups is 1. The summed E-state index contributed by atoms with van der Waals surface area (Å²) in [5.74, 6) is 0.369. The number of carbonyl (C=O) groups excluding carboxylic acids is 1. The lowest BCUT2D eigenvalue weighted by Crippen LogP contribution is -2.31. The largest absolute Gasteiger partial charge is 0.338 e. The predicted octanol–water partition coefficient (Wildman–Crippen LogP) is 1.37. The van der Waals surface area contributed by atoms with E-state index in [1.165, 1.54) is 19.2 Å². The van der Waals surface area contributed by atoms with Gasteiger partial charge in [-0.3, -0.25) is 0 Å². The van der Waals surface area contributed by atoms with Gasteiger partial charge >= 0.3 is 6.03 Å². The lowest BCUT2D eigenvalue weighted by molar-refractivity contribution is 0.251. The Morgan fingerprint density at radius 2 is 1.79 bits per heavy atom. The molecule has 0 fully saturated rings. The van der Waals surface area contributed by atoms with Crippen molar-refractivity contribution in [3.63, 3.8) is 0 Å². The molecule has 2 amide bonds. The maximum atomic E-state index is 11.5. The molecule has 19 heavy (non-hydrogen) atoms. The van der Waals surface area contributed by atoms with Crippen LogP contribution >= 0.6 is 0 Å². The van der Waals surface area contributed by atoms with E-state index in [0.29, 0.717) is 18.2 Å². The van der Waals surface area contributed by atoms with Crippen molar-refractivity contribution in [2.75, 3.05) is 18.9 Å². The number of nitrogens with one attached hydrogen (secondary N) is 3. The van der Waals surface area contributed by atoms with Crippen LogP contribution in [-0.4, -0.2) is 28.0 Å². The van der Waals surface area contributed by atoms with E-state index < -0.39 is 10.0 Å². The zero-order valence-corrected chi connectivity index (χ0v) is 12.0. The molecule has 0 heterocycles. The predicted molar refractivity (Wildman–Crippen MR) is 74.5 cm³/mol. The first-order valence-corrected chi connectivity index (χ1v) is 7.42. The van der Waals surface area contributed by atoms with Crippen molar-refractivity contribution in [2.24, 2.45) is 5.92 Å². The molecule has 7 heteroatoms. The van der Waals surface area contributed by atoms with Crippen molar-refractivity contribution in [3.05, 3.63) is 24.3 Å². The fourth-order valence-electron chi connectivity index (χ4n) is 1.31. The third kappa shape index (κ3) is 4.88. The molecule has 1 aromatic carbocycles. The second-order valence-electron chi connectivity index (χ2n) is 4.46. The summed E-state index contributed by atoms with van der Waals surface area (Å²) in [6, 6.07) is 5.64. The third-order valence-corrected chi connectivity index (χ3v) is 3.79. The molecule has 0 radical (unpaired) electrons. The standard InChI is InChI=1S/C12H19N3O3S/c1-9(2)8-14-12(16)15-10-4-6-11(7-5-10)19(17,18)13-3/h4-7,9,13H,8H2,1-3H3,(H2,14,15,16). The van der Waals surface area contributed by atoms with Gasteiger partial charge in [0, 0.05) is 12.2 Å². The maximum Gasteiger partial charge on any atom is 0.319 e. The fraction of sp³-hybridized carbons (Fsp3) is 0.417. The molecule has 1 aromatic rings. The van der Waals surface area contributed by atoms with Crippen molar-refractivity contribution < 1.29 is 13.2 Å². The van der Waals surface area contributed by atoms with Gasteiger partial charge in [0.1, 0.15) is 0 Å². The molecule has 0 unspecified atom stereocenters. The Labute approximate surface area is 113 Å². The topological polar surface area (TPSA) is 87.3 Å². The van der Waals surface area contributed by atoms with Gasteiger partial charge < -0.3 is 10.6 Å². The molecule has 0 saturated carbocycles. The molecule has 0 saturated heterocycles. The van der Waals surface area contributed by atoms with Crippen LogP contribution in [0.25, 0.3) is 0 Å². The Bertz CT molecular complexity index is 524. The summed E-state index contributed by atoms with van der Waals surface area (Å²) in [7, 11) is -2.10. The first-order valence-electron chi connectivity index (χ1n) is 5.93. The fourth-order valence-corrected chi connectivity index (χ4v) is 2.04. The second kappa shape index (κ2) is 6.53. The summed E-state index contributed by atoms with van der Waals surface area (Å²) in [6.45, 7) is 4.58. The van der Waals surface area contributed by atoms with Gasteiger partial charge in [-0.05, 0) is 37.2 Å². The first kappa shape index (κ1) is 15.5. The number of sulfonamides is 1. The van der Waals surface area contributed by atoms with Gasteiger partial charge in [-0.15, -0.1) is 0 Å². The van der Waals surface area contributed by atoms with Crippen LogP contribution in [0.5, 0.6) is 0 Å². The number of hydrogen-bond donors (Lipinski definition) is 3. The summed E-state index contributed by atoms with van der Waals surface area (Å²) in [5.41, 5.74) is 0.538. The molecule has 3 N–H and O–H groups in total. The van der Waals surface area contributed by atoms with Crippen molar-refractivity contribution in [1.29, 1.82) is 0 Å². The lowest BCUT2D eigenvalue weighted by Gasteiger charge is -2.10. The summed E-state index contributed by atoms with van der Waals surface area (Å²) in [6.07, 6.45) is 0. The van der Waals surface area contributed by atoms with E-state index in [4.69, 9.17) is 0 Å². The van der Waals surface area contributed by atoms with Gasteiger partial charge in [-0.1, -0.05) is 13.8 Å². The van der Waals surface area contributed by atoms with Gasteiger partial charge in [0.25, 0.3) is 0 Å². The number of urea groups is 1. The van der Waals surface area contributed by atoms with Crippen LogP contribution in [0, 0.1) is 5.92 Å². The lowest BCUT2D eigenvalue weighted by atomic mass is 10.2. The van der Waals surface area contributed by atoms with Gasteiger partial charge in [0.15, 0.2) is 0 Å². The van der Waals surface area contributed by atoms with Crippen molar-refractivity contribution in [1.82, 2.24) is 10.0 Å². The van der Waals surface area contributed by atoms with E-state index in [1.807, 2.05) is 13.8 Å². The summed E-state index contributed by atoms with van der Waals surface area (Å²) < 4.78 is 25.2. The molecule has 0 bridgehead atoms. The Balaban J connectivity index is 2.65. The smallest absolute Gasteiger partial charge is 0.319 e. The van der Waals surface area contributed by atoms with E-state index in [1.54, 1.807) is 12.1 Å². The van der Waals surface area contributed by atoms with Crippen LogP contribution in [0.2, 0.25) is 0 Å². The van der Waals surface area contributed by atoms with Gasteiger partial charge in [0.05, 0.1) is 4.90 Å². The minimum atomic E-state index is -3.44. The number of rotatable bonds is 5. The first-order chi connectivity index (χ1) is 8.85. The van der Waals surface area contributed by atoms with E-state index >= 15 is 0 Å². The number of benzene rings is 1.